The van der Waals surface area contributed by atoms with E-state index in [1.165, 1.54) is 5.56 Å². The van der Waals surface area contributed by atoms with Crippen LogP contribution in [0.2, 0.25) is 5.02 Å². The molecule has 0 saturated carbocycles. The zero-order chi connectivity index (χ0) is 17.6. The molecule has 3 rings (SSSR count). The number of hydrogen-bond donors (Lipinski definition) is 2. The van der Waals surface area contributed by atoms with Crippen molar-refractivity contribution >= 4 is 29.1 Å². The smallest absolute Gasteiger partial charge is 0.258 e. The molecule has 0 aliphatic carbocycles. The quantitative estimate of drug-likeness (QED) is 0.718. The highest BCUT2D eigenvalue weighted by Crippen LogP contribution is 2.16. The number of carbonyl (C=O) groups excluding carboxylic acids is 1. The van der Waals surface area contributed by atoms with Crippen molar-refractivity contribution in [1.82, 2.24) is 10.2 Å². The van der Waals surface area contributed by atoms with E-state index in [1.807, 2.05) is 0 Å². The van der Waals surface area contributed by atoms with E-state index in [0.29, 0.717) is 28.8 Å². The van der Waals surface area contributed by atoms with E-state index in [0.717, 1.165) is 5.56 Å². The average molecular weight is 353 g/mol. The van der Waals surface area contributed by atoms with Gasteiger partial charge in [0.2, 0.25) is 0 Å². The molecule has 6 heteroatoms. The molecule has 0 fully saturated rings. The van der Waals surface area contributed by atoms with Crippen molar-refractivity contribution in [1.29, 1.82) is 0 Å². The van der Waals surface area contributed by atoms with Gasteiger partial charge in [0.05, 0.1) is 10.6 Å². The van der Waals surface area contributed by atoms with Gasteiger partial charge in [0.1, 0.15) is 5.82 Å². The summed E-state index contributed by atoms with van der Waals surface area (Å²) in [6.07, 6.45) is 0. The van der Waals surface area contributed by atoms with Gasteiger partial charge in [-0.1, -0.05) is 53.6 Å². The van der Waals surface area contributed by atoms with Crippen LogP contribution in [0.5, 0.6) is 0 Å². The first-order valence-corrected chi connectivity index (χ1v) is 8.18. The van der Waals surface area contributed by atoms with Crippen LogP contribution < -0.4 is 10.6 Å². The number of aryl methyl sites for hydroxylation is 1. The predicted molar refractivity (Wildman–Crippen MR) is 99.9 cm³/mol. The zero-order valence-electron chi connectivity index (χ0n) is 13.7. The zero-order valence-corrected chi connectivity index (χ0v) is 14.4. The van der Waals surface area contributed by atoms with Gasteiger partial charge in [-0.3, -0.25) is 4.79 Å². The number of nitrogens with one attached hydrogen (secondary N) is 2. The molecule has 0 bridgehead atoms. The Hall–Kier alpha value is -2.92. The minimum Gasteiger partial charge on any atom is -0.365 e. The van der Waals surface area contributed by atoms with Crippen LogP contribution in [0.25, 0.3) is 0 Å². The summed E-state index contributed by atoms with van der Waals surface area (Å²) < 4.78 is 0. The summed E-state index contributed by atoms with van der Waals surface area (Å²) in [6.45, 7) is 2.71. The minimum absolute atomic E-state index is 0.319. The van der Waals surface area contributed by atoms with Gasteiger partial charge >= 0.3 is 0 Å². The van der Waals surface area contributed by atoms with E-state index in [2.05, 4.69) is 52.0 Å². The first kappa shape index (κ1) is 16.9. The topological polar surface area (TPSA) is 66.9 Å². The summed E-state index contributed by atoms with van der Waals surface area (Å²) in [6, 6.07) is 18.6. The number of rotatable bonds is 5. The average Bonchev–Trinajstić information content (AvgIpc) is 2.63. The van der Waals surface area contributed by atoms with Gasteiger partial charge in [-0.2, -0.15) is 0 Å². The monoisotopic (exact) mass is 352 g/mol. The number of amides is 1. The fourth-order valence-electron chi connectivity index (χ4n) is 2.22. The van der Waals surface area contributed by atoms with Crippen molar-refractivity contribution in [2.75, 3.05) is 10.6 Å². The van der Waals surface area contributed by atoms with Crippen molar-refractivity contribution in [3.63, 3.8) is 0 Å². The third-order valence-corrected chi connectivity index (χ3v) is 3.95. The van der Waals surface area contributed by atoms with Crippen molar-refractivity contribution < 1.29 is 4.79 Å². The molecule has 2 aromatic carbocycles. The Morgan fingerprint density at radius 2 is 1.64 bits per heavy atom. The lowest BCUT2D eigenvalue weighted by Crippen LogP contribution is -2.14. The van der Waals surface area contributed by atoms with E-state index in [4.69, 9.17) is 11.6 Å². The molecule has 0 atom stereocenters. The molecule has 1 heterocycles. The molecule has 3 aromatic rings. The van der Waals surface area contributed by atoms with E-state index < -0.39 is 0 Å². The first-order valence-electron chi connectivity index (χ1n) is 7.81. The summed E-state index contributed by atoms with van der Waals surface area (Å²) in [4.78, 5) is 12.2. The molecular formula is C19H17ClN4O. The number of hydrogen-bond acceptors (Lipinski definition) is 4. The maximum atomic E-state index is 12.2. The van der Waals surface area contributed by atoms with Crippen molar-refractivity contribution in [2.24, 2.45) is 0 Å². The molecule has 0 aliphatic heterocycles. The minimum atomic E-state index is -0.319. The highest BCUT2D eigenvalue weighted by molar-refractivity contribution is 6.34. The summed E-state index contributed by atoms with van der Waals surface area (Å²) >= 11 is 6.01. The standard InChI is InChI=1S/C19H17ClN4O/c1-13-6-8-14(9-7-13)12-21-17-10-11-18(24-23-17)22-19(25)15-4-2-3-5-16(15)20/h2-11H,12H2,1H3,(H,21,23)(H,22,24,25). The van der Waals surface area contributed by atoms with Crippen LogP contribution in [0.1, 0.15) is 21.5 Å². The van der Waals surface area contributed by atoms with E-state index in [-0.39, 0.29) is 5.91 Å². The SMILES string of the molecule is Cc1ccc(CNc2ccc(NC(=O)c3ccccc3Cl)nn2)cc1. The van der Waals surface area contributed by atoms with Crippen LogP contribution in [0, 0.1) is 6.92 Å². The van der Waals surface area contributed by atoms with Crippen LogP contribution >= 0.6 is 11.6 Å². The Balaban J connectivity index is 1.59. The number of aromatic nitrogens is 2. The number of benzene rings is 2. The lowest BCUT2D eigenvalue weighted by molar-refractivity contribution is 0.102. The summed E-state index contributed by atoms with van der Waals surface area (Å²) in [7, 11) is 0. The number of nitrogens with zero attached hydrogens (tertiary/aromatic N) is 2. The molecule has 2 N–H and O–H groups in total. The Morgan fingerprint density at radius 1 is 0.960 bits per heavy atom. The van der Waals surface area contributed by atoms with Gasteiger partial charge < -0.3 is 10.6 Å². The van der Waals surface area contributed by atoms with Crippen LogP contribution in [0.15, 0.2) is 60.7 Å². The van der Waals surface area contributed by atoms with Crippen molar-refractivity contribution in [3.8, 4) is 0 Å². The van der Waals surface area contributed by atoms with Gasteiger partial charge in [0.25, 0.3) is 5.91 Å². The molecule has 126 valence electrons. The largest absolute Gasteiger partial charge is 0.365 e. The van der Waals surface area contributed by atoms with E-state index in [1.54, 1.807) is 36.4 Å². The van der Waals surface area contributed by atoms with E-state index in [9.17, 15) is 4.79 Å². The highest BCUT2D eigenvalue weighted by Gasteiger charge is 2.10. The summed E-state index contributed by atoms with van der Waals surface area (Å²) in [5.41, 5.74) is 2.78. The maximum Gasteiger partial charge on any atom is 0.258 e. The Kier molecular flexibility index (Phi) is 5.26. The Morgan fingerprint density at radius 3 is 2.32 bits per heavy atom. The van der Waals surface area contributed by atoms with Crippen LogP contribution in [0.4, 0.5) is 11.6 Å². The molecule has 0 radical (unpaired) electrons. The lowest BCUT2D eigenvalue weighted by Gasteiger charge is -2.08. The number of anilines is 2. The van der Waals surface area contributed by atoms with E-state index >= 15 is 0 Å². The predicted octanol–water partition coefficient (Wildman–Crippen LogP) is 4.30. The van der Waals surface area contributed by atoms with Gasteiger partial charge in [0, 0.05) is 6.54 Å². The number of carbonyl (C=O) groups is 1. The molecule has 0 aliphatic rings. The second-order valence-corrected chi connectivity index (χ2v) is 5.98. The molecular weight excluding hydrogens is 336 g/mol. The van der Waals surface area contributed by atoms with Crippen LogP contribution in [-0.4, -0.2) is 16.1 Å². The third kappa shape index (κ3) is 4.55. The summed E-state index contributed by atoms with van der Waals surface area (Å²) in [5, 5.41) is 14.4. The lowest BCUT2D eigenvalue weighted by atomic mass is 10.1. The Labute approximate surface area is 151 Å². The Bertz CT molecular complexity index is 863. The maximum absolute atomic E-state index is 12.2. The fourth-order valence-corrected chi connectivity index (χ4v) is 2.44. The molecule has 0 spiro atoms. The molecule has 0 unspecified atom stereocenters. The fraction of sp³-hybridized carbons (Fsp3) is 0.105. The molecule has 1 aromatic heterocycles. The normalized spacial score (nSPS) is 10.3. The van der Waals surface area contributed by atoms with Crippen molar-refractivity contribution in [3.05, 3.63) is 82.4 Å². The summed E-state index contributed by atoms with van der Waals surface area (Å²) in [5.74, 6) is 0.683. The van der Waals surface area contributed by atoms with Gasteiger partial charge in [0.15, 0.2) is 5.82 Å². The molecule has 1 amide bonds. The highest BCUT2D eigenvalue weighted by atomic mass is 35.5. The van der Waals surface area contributed by atoms with Crippen molar-refractivity contribution in [2.45, 2.75) is 13.5 Å². The first-order chi connectivity index (χ1) is 12.1. The van der Waals surface area contributed by atoms with Crippen LogP contribution in [-0.2, 0) is 6.54 Å². The molecule has 5 nitrogen and oxygen atoms in total. The second kappa shape index (κ2) is 7.77. The number of halogens is 1. The van der Waals surface area contributed by atoms with Crippen LogP contribution in [0.3, 0.4) is 0 Å². The molecule has 25 heavy (non-hydrogen) atoms. The van der Waals surface area contributed by atoms with Gasteiger partial charge in [-0.05, 0) is 36.8 Å². The second-order valence-electron chi connectivity index (χ2n) is 5.58. The van der Waals surface area contributed by atoms with Gasteiger partial charge in [-0.25, -0.2) is 0 Å². The third-order valence-electron chi connectivity index (χ3n) is 3.62. The van der Waals surface area contributed by atoms with Gasteiger partial charge in [-0.15, -0.1) is 10.2 Å². The molecule has 0 saturated heterocycles.